The Morgan fingerprint density at radius 1 is 1.05 bits per heavy atom. The van der Waals surface area contributed by atoms with Crippen molar-refractivity contribution >= 4 is 16.6 Å². The van der Waals surface area contributed by atoms with Crippen LogP contribution >= 0.6 is 0 Å². The molecule has 0 aliphatic heterocycles. The van der Waals surface area contributed by atoms with Crippen molar-refractivity contribution in [3.05, 3.63) is 48.0 Å². The lowest BCUT2D eigenvalue weighted by Crippen LogP contribution is -2.50. The number of fused-ring (bicyclic) bond motifs is 1. The molecule has 2 aromatic carbocycles. The van der Waals surface area contributed by atoms with E-state index in [1.807, 2.05) is 13.8 Å². The van der Waals surface area contributed by atoms with Crippen LogP contribution < -0.4 is 5.32 Å². The van der Waals surface area contributed by atoms with Gasteiger partial charge in [-0.05, 0) is 43.5 Å². The fraction of sp³-hybridized carbons (Fsp3) is 0.450. The van der Waals surface area contributed by atoms with Crippen molar-refractivity contribution in [3.63, 3.8) is 0 Å². The molecule has 0 radical (unpaired) electrons. The van der Waals surface area contributed by atoms with Gasteiger partial charge in [-0.1, -0.05) is 56.3 Å². The summed E-state index contributed by atoms with van der Waals surface area (Å²) in [6.45, 7) is 10.3. The summed E-state index contributed by atoms with van der Waals surface area (Å²) in [6, 6.07) is 14.5. The highest BCUT2D eigenvalue weighted by molar-refractivity contribution is 5.89. The van der Waals surface area contributed by atoms with Gasteiger partial charge in [-0.15, -0.1) is 0 Å². The van der Waals surface area contributed by atoms with Gasteiger partial charge in [0.25, 0.3) is 0 Å². The molecule has 0 fully saturated rings. The standard InChI is InChI=1S/C20H27NO/c1-14(2)19(22)18(21-20(3,4)5)13-16-11-8-10-15-9-6-7-12-17(15)16/h6-12,14,18,21H,13H2,1-5H3. The van der Waals surface area contributed by atoms with Gasteiger partial charge >= 0.3 is 0 Å². The van der Waals surface area contributed by atoms with E-state index < -0.39 is 0 Å². The summed E-state index contributed by atoms with van der Waals surface area (Å²) in [5.74, 6) is 0.317. The van der Waals surface area contributed by atoms with E-state index >= 15 is 0 Å². The molecular weight excluding hydrogens is 270 g/mol. The summed E-state index contributed by atoms with van der Waals surface area (Å²) < 4.78 is 0. The maximum atomic E-state index is 12.6. The fourth-order valence-corrected chi connectivity index (χ4v) is 2.84. The summed E-state index contributed by atoms with van der Waals surface area (Å²) in [6.07, 6.45) is 0.732. The van der Waals surface area contributed by atoms with Gasteiger partial charge in [-0.25, -0.2) is 0 Å². The summed E-state index contributed by atoms with van der Waals surface area (Å²) >= 11 is 0. The highest BCUT2D eigenvalue weighted by Crippen LogP contribution is 2.21. The molecule has 0 aliphatic carbocycles. The molecule has 0 saturated heterocycles. The smallest absolute Gasteiger partial charge is 0.152 e. The van der Waals surface area contributed by atoms with Gasteiger partial charge < -0.3 is 5.32 Å². The average molecular weight is 297 g/mol. The summed E-state index contributed by atoms with van der Waals surface area (Å²) in [5.41, 5.74) is 1.15. The molecule has 2 heteroatoms. The maximum Gasteiger partial charge on any atom is 0.152 e. The van der Waals surface area contributed by atoms with Crippen LogP contribution in [0, 0.1) is 5.92 Å². The summed E-state index contributed by atoms with van der Waals surface area (Å²) in [5, 5.41) is 5.97. The Morgan fingerprint density at radius 2 is 1.68 bits per heavy atom. The Morgan fingerprint density at radius 3 is 2.32 bits per heavy atom. The molecular formula is C20H27NO. The topological polar surface area (TPSA) is 29.1 Å². The van der Waals surface area contributed by atoms with E-state index in [0.717, 1.165) is 6.42 Å². The van der Waals surface area contributed by atoms with Crippen molar-refractivity contribution in [1.29, 1.82) is 0 Å². The highest BCUT2D eigenvalue weighted by Gasteiger charge is 2.26. The molecule has 2 nitrogen and oxygen atoms in total. The molecule has 0 saturated carbocycles. The van der Waals surface area contributed by atoms with Crippen LogP contribution in [0.25, 0.3) is 10.8 Å². The second kappa shape index (κ2) is 6.62. The summed E-state index contributed by atoms with van der Waals surface area (Å²) in [4.78, 5) is 12.6. The van der Waals surface area contributed by atoms with E-state index in [1.54, 1.807) is 0 Å². The second-order valence-electron chi connectivity index (χ2n) is 7.35. The van der Waals surface area contributed by atoms with E-state index in [0.29, 0.717) is 0 Å². The number of hydrogen-bond donors (Lipinski definition) is 1. The predicted octanol–water partition coefficient (Wildman–Crippen LogP) is 4.36. The van der Waals surface area contributed by atoms with Crippen molar-refractivity contribution in [2.24, 2.45) is 5.92 Å². The number of rotatable bonds is 5. The summed E-state index contributed by atoms with van der Waals surface area (Å²) in [7, 11) is 0. The largest absolute Gasteiger partial charge is 0.302 e. The third kappa shape index (κ3) is 4.17. The molecule has 0 aromatic heterocycles. The fourth-order valence-electron chi connectivity index (χ4n) is 2.84. The molecule has 0 bridgehead atoms. The van der Waals surface area contributed by atoms with Crippen molar-refractivity contribution in [1.82, 2.24) is 5.32 Å². The zero-order chi connectivity index (χ0) is 16.3. The second-order valence-corrected chi connectivity index (χ2v) is 7.35. The van der Waals surface area contributed by atoms with Gasteiger partial charge in [0.05, 0.1) is 6.04 Å². The minimum absolute atomic E-state index is 0.0369. The lowest BCUT2D eigenvalue weighted by molar-refractivity contribution is -0.124. The molecule has 0 aliphatic rings. The lowest BCUT2D eigenvalue weighted by Gasteiger charge is -2.29. The van der Waals surface area contributed by atoms with Crippen LogP contribution in [-0.4, -0.2) is 17.4 Å². The number of nitrogens with one attached hydrogen (secondary N) is 1. The van der Waals surface area contributed by atoms with Crippen LogP contribution in [0.3, 0.4) is 0 Å². The minimum Gasteiger partial charge on any atom is -0.302 e. The maximum absolute atomic E-state index is 12.6. The lowest BCUT2D eigenvalue weighted by atomic mass is 9.91. The molecule has 2 aromatic rings. The highest BCUT2D eigenvalue weighted by atomic mass is 16.1. The van der Waals surface area contributed by atoms with Gasteiger partial charge in [0, 0.05) is 11.5 Å². The molecule has 1 atom stereocenters. The first-order valence-electron chi connectivity index (χ1n) is 8.06. The monoisotopic (exact) mass is 297 g/mol. The molecule has 22 heavy (non-hydrogen) atoms. The third-order valence-corrected chi connectivity index (χ3v) is 3.82. The van der Waals surface area contributed by atoms with Crippen LogP contribution in [0.1, 0.15) is 40.2 Å². The van der Waals surface area contributed by atoms with Crippen LogP contribution in [0.15, 0.2) is 42.5 Å². The van der Waals surface area contributed by atoms with Gasteiger partial charge in [-0.3, -0.25) is 4.79 Å². The third-order valence-electron chi connectivity index (χ3n) is 3.82. The van der Waals surface area contributed by atoms with E-state index in [1.165, 1.54) is 16.3 Å². The molecule has 0 amide bonds. The molecule has 1 N–H and O–H groups in total. The van der Waals surface area contributed by atoms with Gasteiger partial charge in [0.2, 0.25) is 0 Å². The molecule has 118 valence electrons. The van der Waals surface area contributed by atoms with Crippen LogP contribution in [0.5, 0.6) is 0 Å². The van der Waals surface area contributed by atoms with Crippen molar-refractivity contribution in [2.75, 3.05) is 0 Å². The normalized spacial score (nSPS) is 13.5. The van der Waals surface area contributed by atoms with E-state index in [4.69, 9.17) is 0 Å². The van der Waals surface area contributed by atoms with Crippen LogP contribution in [-0.2, 0) is 11.2 Å². The predicted molar refractivity (Wildman–Crippen MR) is 94.2 cm³/mol. The van der Waals surface area contributed by atoms with Crippen molar-refractivity contribution in [2.45, 2.75) is 52.6 Å². The van der Waals surface area contributed by atoms with Crippen molar-refractivity contribution in [3.8, 4) is 0 Å². The number of hydrogen-bond acceptors (Lipinski definition) is 2. The number of benzene rings is 2. The Bertz CT molecular complexity index is 647. The van der Waals surface area contributed by atoms with Gasteiger partial charge in [0.1, 0.15) is 0 Å². The minimum atomic E-state index is -0.147. The van der Waals surface area contributed by atoms with E-state index in [9.17, 15) is 4.79 Å². The van der Waals surface area contributed by atoms with E-state index in [2.05, 4.69) is 68.6 Å². The van der Waals surface area contributed by atoms with Gasteiger partial charge in [0.15, 0.2) is 5.78 Å². The average Bonchev–Trinajstić information content (AvgIpc) is 2.44. The first kappa shape index (κ1) is 16.7. The number of ketones is 1. The SMILES string of the molecule is CC(C)C(=O)C(Cc1cccc2ccccc12)NC(C)(C)C. The van der Waals surface area contributed by atoms with E-state index in [-0.39, 0.29) is 23.3 Å². The number of Topliss-reactive ketones (excluding diaryl/α,β-unsaturated/α-hetero) is 1. The zero-order valence-corrected chi connectivity index (χ0v) is 14.3. The molecule has 2 rings (SSSR count). The van der Waals surface area contributed by atoms with Crippen molar-refractivity contribution < 1.29 is 4.79 Å². The Kier molecular flexibility index (Phi) is 5.02. The molecule has 1 unspecified atom stereocenters. The van der Waals surface area contributed by atoms with Gasteiger partial charge in [-0.2, -0.15) is 0 Å². The van der Waals surface area contributed by atoms with Crippen LogP contribution in [0.2, 0.25) is 0 Å². The number of carbonyl (C=O) groups is 1. The Balaban J connectivity index is 2.34. The Labute approximate surface area is 133 Å². The first-order chi connectivity index (χ1) is 10.3. The number of carbonyl (C=O) groups excluding carboxylic acids is 1. The van der Waals surface area contributed by atoms with Crippen LogP contribution in [0.4, 0.5) is 0 Å². The zero-order valence-electron chi connectivity index (χ0n) is 14.3. The first-order valence-corrected chi connectivity index (χ1v) is 8.06. The molecule has 0 spiro atoms. The molecule has 0 heterocycles. The Hall–Kier alpha value is -1.67. The quantitative estimate of drug-likeness (QED) is 0.888.